The summed E-state index contributed by atoms with van der Waals surface area (Å²) in [6.07, 6.45) is 4.49. The number of fused-ring (bicyclic) bond motifs is 1. The van der Waals surface area contributed by atoms with Crippen molar-refractivity contribution in [2.45, 2.75) is 58.2 Å². The van der Waals surface area contributed by atoms with Crippen molar-refractivity contribution in [3.05, 3.63) is 47.0 Å². The van der Waals surface area contributed by atoms with Crippen molar-refractivity contribution >= 4 is 23.4 Å². The molecule has 1 N–H and O–H groups in total. The lowest BCUT2D eigenvalue weighted by Crippen LogP contribution is -2.16. The van der Waals surface area contributed by atoms with Gasteiger partial charge in [0.15, 0.2) is 5.16 Å². The van der Waals surface area contributed by atoms with Crippen LogP contribution in [0.25, 0.3) is 5.69 Å². The van der Waals surface area contributed by atoms with Crippen molar-refractivity contribution in [1.82, 2.24) is 24.5 Å². The predicted octanol–water partition coefficient (Wildman–Crippen LogP) is 3.85. The molecule has 1 aromatic carbocycles. The summed E-state index contributed by atoms with van der Waals surface area (Å²) in [4.78, 5) is 12.6. The van der Waals surface area contributed by atoms with E-state index in [4.69, 9.17) is 0 Å². The van der Waals surface area contributed by atoms with Crippen LogP contribution in [-0.2, 0) is 17.8 Å². The first-order valence-electron chi connectivity index (χ1n) is 10.0. The van der Waals surface area contributed by atoms with E-state index in [0.717, 1.165) is 59.6 Å². The first-order chi connectivity index (χ1) is 14.0. The Morgan fingerprint density at radius 1 is 1.10 bits per heavy atom. The summed E-state index contributed by atoms with van der Waals surface area (Å²) in [5.74, 6) is 1.28. The highest BCUT2D eigenvalue weighted by Crippen LogP contribution is 2.25. The van der Waals surface area contributed by atoms with E-state index in [2.05, 4.69) is 44.2 Å². The van der Waals surface area contributed by atoms with Crippen LogP contribution in [-0.4, -0.2) is 36.2 Å². The Kier molecular flexibility index (Phi) is 5.71. The first kappa shape index (κ1) is 19.7. The highest BCUT2D eigenvalue weighted by molar-refractivity contribution is 7.99. The topological polar surface area (TPSA) is 77.6 Å². The third kappa shape index (κ3) is 4.22. The van der Waals surface area contributed by atoms with E-state index in [9.17, 15) is 4.79 Å². The van der Waals surface area contributed by atoms with Crippen molar-refractivity contribution in [3.8, 4) is 5.69 Å². The monoisotopic (exact) mass is 410 g/mol. The third-order valence-corrected chi connectivity index (χ3v) is 6.21. The molecule has 3 aromatic rings. The van der Waals surface area contributed by atoms with Gasteiger partial charge in [0.1, 0.15) is 5.82 Å². The lowest BCUT2D eigenvalue weighted by Gasteiger charge is -2.08. The van der Waals surface area contributed by atoms with Crippen LogP contribution in [0.3, 0.4) is 0 Å². The van der Waals surface area contributed by atoms with E-state index in [1.165, 1.54) is 23.7 Å². The Hall–Kier alpha value is -2.61. The van der Waals surface area contributed by atoms with Gasteiger partial charge in [-0.3, -0.25) is 4.79 Å². The minimum absolute atomic E-state index is 0.0596. The molecule has 0 fully saturated rings. The van der Waals surface area contributed by atoms with Gasteiger partial charge >= 0.3 is 0 Å². The Labute approximate surface area is 174 Å². The minimum atomic E-state index is -0.0596. The number of hydrogen-bond acceptors (Lipinski definition) is 5. The molecule has 0 bridgehead atoms. The average Bonchev–Trinajstić information content (AvgIpc) is 3.11. The predicted molar refractivity (Wildman–Crippen MR) is 115 cm³/mol. The molecule has 0 saturated carbocycles. The molecular formula is C21H26N6OS. The van der Waals surface area contributed by atoms with Gasteiger partial charge < -0.3 is 9.88 Å². The second-order valence-electron chi connectivity index (χ2n) is 7.49. The van der Waals surface area contributed by atoms with Crippen LogP contribution >= 0.6 is 11.8 Å². The maximum atomic E-state index is 12.6. The number of benzene rings is 1. The van der Waals surface area contributed by atoms with E-state index in [1.54, 1.807) is 0 Å². The zero-order valence-corrected chi connectivity index (χ0v) is 17.9. The first-order valence-corrected chi connectivity index (χ1v) is 11.0. The largest absolute Gasteiger partial charge is 0.322 e. The van der Waals surface area contributed by atoms with E-state index in [-0.39, 0.29) is 5.91 Å². The zero-order valence-electron chi connectivity index (χ0n) is 17.1. The number of nitrogens with one attached hydrogen (secondary N) is 1. The van der Waals surface area contributed by atoms with E-state index in [0.29, 0.717) is 5.75 Å². The lowest BCUT2D eigenvalue weighted by atomic mass is 10.2. The summed E-state index contributed by atoms with van der Waals surface area (Å²) in [5.41, 5.74) is 4.68. The van der Waals surface area contributed by atoms with Crippen LogP contribution < -0.4 is 5.32 Å². The quantitative estimate of drug-likeness (QED) is 0.647. The molecule has 8 heteroatoms. The maximum Gasteiger partial charge on any atom is 0.234 e. The van der Waals surface area contributed by atoms with Crippen molar-refractivity contribution in [2.75, 3.05) is 11.1 Å². The molecule has 2 aromatic heterocycles. The van der Waals surface area contributed by atoms with Crippen molar-refractivity contribution < 1.29 is 4.79 Å². The number of thioether (sulfide) groups is 1. The number of hydrogen-bond donors (Lipinski definition) is 1. The maximum absolute atomic E-state index is 12.6. The molecule has 4 rings (SSSR count). The Morgan fingerprint density at radius 3 is 2.69 bits per heavy atom. The van der Waals surface area contributed by atoms with Gasteiger partial charge in [-0.25, -0.2) is 4.68 Å². The summed E-state index contributed by atoms with van der Waals surface area (Å²) in [5, 5.41) is 17.1. The van der Waals surface area contributed by atoms with Crippen LogP contribution in [0.1, 0.15) is 42.0 Å². The molecule has 1 aliphatic heterocycles. The molecule has 0 spiro atoms. The Bertz CT molecular complexity index is 1020. The van der Waals surface area contributed by atoms with Crippen LogP contribution in [0.2, 0.25) is 0 Å². The molecule has 1 aliphatic rings. The molecule has 0 saturated heterocycles. The number of amides is 1. The van der Waals surface area contributed by atoms with Crippen LogP contribution in [0, 0.1) is 20.8 Å². The Balaban J connectivity index is 1.44. The normalized spacial score (nSPS) is 13.8. The SMILES string of the molecule is Cc1ccc(-n2nc(C)c(NC(=O)CSc3nnc4n3CCCCC4)c2C)cc1. The minimum Gasteiger partial charge on any atom is -0.322 e. The lowest BCUT2D eigenvalue weighted by molar-refractivity contribution is -0.113. The van der Waals surface area contributed by atoms with Gasteiger partial charge in [-0.1, -0.05) is 35.9 Å². The van der Waals surface area contributed by atoms with Crippen molar-refractivity contribution in [1.29, 1.82) is 0 Å². The third-order valence-electron chi connectivity index (χ3n) is 5.24. The van der Waals surface area contributed by atoms with E-state index >= 15 is 0 Å². The number of aryl methyl sites for hydroxylation is 3. The molecule has 0 aliphatic carbocycles. The molecule has 29 heavy (non-hydrogen) atoms. The van der Waals surface area contributed by atoms with Gasteiger partial charge in [-0.2, -0.15) is 5.10 Å². The van der Waals surface area contributed by atoms with Gasteiger partial charge in [0.2, 0.25) is 5.91 Å². The average molecular weight is 411 g/mol. The fraction of sp³-hybridized carbons (Fsp3) is 0.429. The molecule has 152 valence electrons. The van der Waals surface area contributed by atoms with Gasteiger partial charge in [0.25, 0.3) is 0 Å². The molecule has 0 atom stereocenters. The standard InChI is InChI=1S/C21H26N6OS/c1-14-8-10-17(11-9-14)27-16(3)20(15(2)25-27)22-19(28)13-29-21-24-23-18-7-5-4-6-12-26(18)21/h8-11H,4-7,12-13H2,1-3H3,(H,22,28). The van der Waals surface area contributed by atoms with Crippen LogP contribution in [0.5, 0.6) is 0 Å². The molecule has 7 nitrogen and oxygen atoms in total. The highest BCUT2D eigenvalue weighted by atomic mass is 32.2. The van der Waals surface area contributed by atoms with Gasteiger partial charge in [0.05, 0.1) is 28.5 Å². The summed E-state index contributed by atoms with van der Waals surface area (Å²) in [7, 11) is 0. The summed E-state index contributed by atoms with van der Waals surface area (Å²) < 4.78 is 4.03. The van der Waals surface area contributed by atoms with E-state index < -0.39 is 0 Å². The number of nitrogens with zero attached hydrogens (tertiary/aromatic N) is 5. The van der Waals surface area contributed by atoms with Gasteiger partial charge in [-0.15, -0.1) is 10.2 Å². The zero-order chi connectivity index (χ0) is 20.4. The molecule has 1 amide bonds. The number of carbonyl (C=O) groups excluding carboxylic acids is 1. The number of rotatable bonds is 5. The highest BCUT2D eigenvalue weighted by Gasteiger charge is 2.18. The summed E-state index contributed by atoms with van der Waals surface area (Å²) in [6, 6.07) is 8.19. The summed E-state index contributed by atoms with van der Waals surface area (Å²) in [6.45, 7) is 6.89. The second-order valence-corrected chi connectivity index (χ2v) is 8.43. The van der Waals surface area contributed by atoms with Gasteiger partial charge in [0, 0.05) is 13.0 Å². The van der Waals surface area contributed by atoms with Crippen molar-refractivity contribution in [2.24, 2.45) is 0 Å². The Morgan fingerprint density at radius 2 is 1.90 bits per heavy atom. The fourth-order valence-electron chi connectivity index (χ4n) is 3.63. The summed E-state index contributed by atoms with van der Waals surface area (Å²) >= 11 is 1.44. The van der Waals surface area contributed by atoms with Crippen LogP contribution in [0.15, 0.2) is 29.4 Å². The van der Waals surface area contributed by atoms with Crippen LogP contribution in [0.4, 0.5) is 5.69 Å². The fourth-order valence-corrected chi connectivity index (χ4v) is 4.42. The molecular weight excluding hydrogens is 384 g/mol. The number of carbonyl (C=O) groups is 1. The molecule has 3 heterocycles. The molecule has 0 radical (unpaired) electrons. The smallest absolute Gasteiger partial charge is 0.234 e. The number of aromatic nitrogens is 5. The van der Waals surface area contributed by atoms with E-state index in [1.807, 2.05) is 30.7 Å². The van der Waals surface area contributed by atoms with Crippen molar-refractivity contribution in [3.63, 3.8) is 0 Å². The molecule has 0 unspecified atom stereocenters. The second kappa shape index (κ2) is 8.41. The number of anilines is 1. The van der Waals surface area contributed by atoms with Gasteiger partial charge in [-0.05, 0) is 45.7 Å².